The number of hydrogen-bond donors (Lipinski definition) is 1. The van der Waals surface area contributed by atoms with E-state index < -0.39 is 5.91 Å². The Labute approximate surface area is 151 Å². The van der Waals surface area contributed by atoms with Gasteiger partial charge in [-0.25, -0.2) is 0 Å². The van der Waals surface area contributed by atoms with Crippen LogP contribution in [0.4, 0.5) is 5.69 Å². The molecule has 5 heteroatoms. The van der Waals surface area contributed by atoms with Crippen molar-refractivity contribution in [2.24, 2.45) is 0 Å². The highest BCUT2D eigenvalue weighted by Crippen LogP contribution is 2.28. The van der Waals surface area contributed by atoms with Crippen LogP contribution < -0.4 is 5.32 Å². The lowest BCUT2D eigenvalue weighted by Gasteiger charge is -2.12. The van der Waals surface area contributed by atoms with Crippen molar-refractivity contribution in [3.63, 3.8) is 0 Å². The summed E-state index contributed by atoms with van der Waals surface area (Å²) in [6, 6.07) is 10.9. The maximum Gasteiger partial charge on any atom is 0.266 e. The first-order valence-electron chi connectivity index (χ1n) is 7.28. The van der Waals surface area contributed by atoms with Crippen molar-refractivity contribution < 1.29 is 4.79 Å². The van der Waals surface area contributed by atoms with Crippen molar-refractivity contribution in [1.29, 1.82) is 5.26 Å². The summed E-state index contributed by atoms with van der Waals surface area (Å²) in [5.41, 5.74) is 4.19. The molecule has 0 aliphatic heterocycles. The minimum atomic E-state index is -0.483. The van der Waals surface area contributed by atoms with Gasteiger partial charge < -0.3 is 5.32 Å². The third kappa shape index (κ3) is 3.97. The molecule has 0 saturated carbocycles. The molecule has 0 bridgehead atoms. The lowest BCUT2D eigenvalue weighted by Crippen LogP contribution is -2.15. The molecule has 0 heterocycles. The number of benzene rings is 2. The zero-order valence-electron chi connectivity index (χ0n) is 13.6. The van der Waals surface area contributed by atoms with Gasteiger partial charge in [0.15, 0.2) is 0 Å². The normalized spacial score (nSPS) is 11.1. The summed E-state index contributed by atoms with van der Waals surface area (Å²) < 4.78 is 0. The van der Waals surface area contributed by atoms with Gasteiger partial charge in [0.1, 0.15) is 11.6 Å². The average Bonchev–Trinajstić information content (AvgIpc) is 2.52. The maximum absolute atomic E-state index is 12.5. The van der Waals surface area contributed by atoms with Crippen molar-refractivity contribution in [1.82, 2.24) is 0 Å². The van der Waals surface area contributed by atoms with Crippen LogP contribution in [0.1, 0.15) is 22.3 Å². The quantitative estimate of drug-likeness (QED) is 0.584. The third-order valence-corrected chi connectivity index (χ3v) is 4.40. The first-order chi connectivity index (χ1) is 11.3. The van der Waals surface area contributed by atoms with Crippen LogP contribution in [-0.4, -0.2) is 5.91 Å². The van der Waals surface area contributed by atoms with E-state index in [1.165, 1.54) is 6.08 Å². The van der Waals surface area contributed by atoms with Crippen LogP contribution in [0.15, 0.2) is 35.9 Å². The van der Waals surface area contributed by atoms with Crippen LogP contribution in [0.5, 0.6) is 0 Å². The van der Waals surface area contributed by atoms with E-state index in [0.717, 1.165) is 16.7 Å². The standard InChI is InChI=1S/C19H16Cl2N2O/c1-11-7-12(2)18(13(3)8-11)23-19(24)15(10-22)9-14-5-4-6-16(20)17(14)21/h4-9H,1-3H3,(H,23,24)/b15-9+. The van der Waals surface area contributed by atoms with Crippen molar-refractivity contribution in [2.75, 3.05) is 5.32 Å². The van der Waals surface area contributed by atoms with E-state index >= 15 is 0 Å². The lowest BCUT2D eigenvalue weighted by molar-refractivity contribution is -0.112. The second kappa shape index (κ2) is 7.53. The maximum atomic E-state index is 12.5. The number of carbonyl (C=O) groups is 1. The van der Waals surface area contributed by atoms with Crippen LogP contribution >= 0.6 is 23.2 Å². The van der Waals surface area contributed by atoms with Gasteiger partial charge in [-0.15, -0.1) is 0 Å². The highest BCUT2D eigenvalue weighted by atomic mass is 35.5. The zero-order chi connectivity index (χ0) is 17.9. The number of nitrogens with zero attached hydrogens (tertiary/aromatic N) is 1. The Morgan fingerprint density at radius 2 is 1.79 bits per heavy atom. The molecule has 0 unspecified atom stereocenters. The topological polar surface area (TPSA) is 52.9 Å². The molecule has 2 aromatic carbocycles. The summed E-state index contributed by atoms with van der Waals surface area (Å²) in [6.07, 6.45) is 1.43. The second-order valence-corrected chi connectivity index (χ2v) is 6.33. The Bertz CT molecular complexity index is 856. The Kier molecular flexibility index (Phi) is 5.66. The molecule has 24 heavy (non-hydrogen) atoms. The van der Waals surface area contributed by atoms with E-state index in [0.29, 0.717) is 21.3 Å². The number of amides is 1. The number of anilines is 1. The van der Waals surface area contributed by atoms with E-state index in [1.807, 2.05) is 39.0 Å². The Morgan fingerprint density at radius 1 is 1.17 bits per heavy atom. The van der Waals surface area contributed by atoms with Crippen LogP contribution in [-0.2, 0) is 4.79 Å². The van der Waals surface area contributed by atoms with Crippen molar-refractivity contribution in [2.45, 2.75) is 20.8 Å². The van der Waals surface area contributed by atoms with E-state index in [9.17, 15) is 10.1 Å². The highest BCUT2D eigenvalue weighted by Gasteiger charge is 2.14. The molecule has 0 fully saturated rings. The van der Waals surface area contributed by atoms with Crippen molar-refractivity contribution >= 4 is 40.9 Å². The predicted octanol–water partition coefficient (Wildman–Crippen LogP) is 5.46. The van der Waals surface area contributed by atoms with Crippen LogP contribution in [0.3, 0.4) is 0 Å². The minimum absolute atomic E-state index is 0.0430. The van der Waals surface area contributed by atoms with Crippen molar-refractivity contribution in [3.05, 3.63) is 68.2 Å². The predicted molar refractivity (Wildman–Crippen MR) is 99.3 cm³/mol. The van der Waals surface area contributed by atoms with Gasteiger partial charge in [0.2, 0.25) is 0 Å². The number of halogens is 2. The summed E-state index contributed by atoms with van der Waals surface area (Å²) in [6.45, 7) is 5.83. The molecule has 0 aromatic heterocycles. The number of nitriles is 1. The van der Waals surface area contributed by atoms with Crippen LogP contribution in [0, 0.1) is 32.1 Å². The Hall–Kier alpha value is -2.28. The molecule has 0 spiro atoms. The van der Waals surface area contributed by atoms with Gasteiger partial charge in [-0.3, -0.25) is 4.79 Å². The van der Waals surface area contributed by atoms with E-state index in [4.69, 9.17) is 23.2 Å². The monoisotopic (exact) mass is 358 g/mol. The molecule has 0 saturated heterocycles. The Balaban J connectivity index is 2.36. The summed E-state index contributed by atoms with van der Waals surface area (Å²) in [4.78, 5) is 12.5. The van der Waals surface area contributed by atoms with Crippen LogP contribution in [0.2, 0.25) is 10.0 Å². The minimum Gasteiger partial charge on any atom is -0.321 e. The first-order valence-corrected chi connectivity index (χ1v) is 8.04. The molecular formula is C19H16Cl2N2O. The van der Waals surface area contributed by atoms with E-state index in [1.54, 1.807) is 18.2 Å². The zero-order valence-corrected chi connectivity index (χ0v) is 15.1. The first kappa shape index (κ1) is 18.1. The van der Waals surface area contributed by atoms with E-state index in [2.05, 4.69) is 5.32 Å². The molecule has 0 radical (unpaired) electrons. The molecule has 1 amide bonds. The average molecular weight is 359 g/mol. The van der Waals surface area contributed by atoms with Gasteiger partial charge >= 0.3 is 0 Å². The van der Waals surface area contributed by atoms with Gasteiger partial charge in [0, 0.05) is 5.69 Å². The molecule has 0 atom stereocenters. The number of rotatable bonds is 3. The van der Waals surface area contributed by atoms with Gasteiger partial charge in [-0.2, -0.15) is 5.26 Å². The number of nitrogens with one attached hydrogen (secondary N) is 1. The summed E-state index contributed by atoms with van der Waals surface area (Å²) in [7, 11) is 0. The molecule has 1 N–H and O–H groups in total. The van der Waals surface area contributed by atoms with Gasteiger partial charge in [-0.1, -0.05) is 53.0 Å². The summed E-state index contributed by atoms with van der Waals surface area (Å²) >= 11 is 12.1. The number of carbonyl (C=O) groups excluding carboxylic acids is 1. The lowest BCUT2D eigenvalue weighted by atomic mass is 10.0. The highest BCUT2D eigenvalue weighted by molar-refractivity contribution is 6.43. The molecule has 0 aliphatic rings. The largest absolute Gasteiger partial charge is 0.321 e. The fourth-order valence-electron chi connectivity index (χ4n) is 2.49. The summed E-state index contributed by atoms with van der Waals surface area (Å²) in [5.74, 6) is -0.483. The van der Waals surface area contributed by atoms with Crippen LogP contribution in [0.25, 0.3) is 6.08 Å². The number of aryl methyl sites for hydroxylation is 3. The molecule has 2 rings (SSSR count). The molecule has 3 nitrogen and oxygen atoms in total. The van der Waals surface area contributed by atoms with E-state index in [-0.39, 0.29) is 5.57 Å². The second-order valence-electron chi connectivity index (χ2n) is 5.54. The van der Waals surface area contributed by atoms with Gasteiger partial charge in [0.25, 0.3) is 5.91 Å². The SMILES string of the molecule is Cc1cc(C)c(NC(=O)/C(C#N)=C/c2cccc(Cl)c2Cl)c(C)c1. The molecule has 122 valence electrons. The van der Waals surface area contributed by atoms with Gasteiger partial charge in [0.05, 0.1) is 10.0 Å². The third-order valence-electron chi connectivity index (χ3n) is 3.56. The summed E-state index contributed by atoms with van der Waals surface area (Å²) in [5, 5.41) is 12.8. The van der Waals surface area contributed by atoms with Crippen molar-refractivity contribution in [3.8, 4) is 6.07 Å². The molecule has 0 aliphatic carbocycles. The molecular weight excluding hydrogens is 343 g/mol. The smallest absolute Gasteiger partial charge is 0.266 e. The molecule has 2 aromatic rings. The Morgan fingerprint density at radius 3 is 2.38 bits per heavy atom. The van der Waals surface area contributed by atoms with Gasteiger partial charge in [-0.05, 0) is 49.6 Å². The number of hydrogen-bond acceptors (Lipinski definition) is 2. The fraction of sp³-hybridized carbons (Fsp3) is 0.158. The fourth-order valence-corrected chi connectivity index (χ4v) is 2.86.